The van der Waals surface area contributed by atoms with E-state index >= 15 is 0 Å². The standard InChI is InChI=1S/C25H24N8/c1-4-13-26-20(8-1)18-32(19-21-9-2-5-14-27-21)17-15-28-24-12-7-10-22(29-24)25-23-11-3-6-16-33(23)31-30-25/h1-14,16H,15,17-19H2,(H,28,29). The molecule has 0 fully saturated rings. The van der Waals surface area contributed by atoms with Gasteiger partial charge in [0.2, 0.25) is 0 Å². The van der Waals surface area contributed by atoms with Crippen LogP contribution in [0.25, 0.3) is 16.9 Å². The number of pyridine rings is 4. The van der Waals surface area contributed by atoms with Crippen LogP contribution in [0.15, 0.2) is 91.4 Å². The molecule has 164 valence electrons. The van der Waals surface area contributed by atoms with Gasteiger partial charge in [0.15, 0.2) is 0 Å². The van der Waals surface area contributed by atoms with E-state index in [2.05, 4.69) is 30.5 Å². The third-order valence-electron chi connectivity index (χ3n) is 5.27. The number of nitrogens with one attached hydrogen (secondary N) is 1. The first kappa shape index (κ1) is 20.7. The smallest absolute Gasteiger partial charge is 0.139 e. The Balaban J connectivity index is 1.27. The predicted molar refractivity (Wildman–Crippen MR) is 127 cm³/mol. The second kappa shape index (κ2) is 9.97. The lowest BCUT2D eigenvalue weighted by Crippen LogP contribution is -2.29. The van der Waals surface area contributed by atoms with Crippen LogP contribution >= 0.6 is 0 Å². The van der Waals surface area contributed by atoms with Crippen molar-refractivity contribution in [3.63, 3.8) is 0 Å². The van der Waals surface area contributed by atoms with Crippen LogP contribution in [0.4, 0.5) is 5.82 Å². The van der Waals surface area contributed by atoms with Gasteiger partial charge < -0.3 is 5.32 Å². The maximum Gasteiger partial charge on any atom is 0.139 e. The molecule has 0 amide bonds. The molecule has 0 aromatic carbocycles. The molecular formula is C25H24N8. The molecule has 33 heavy (non-hydrogen) atoms. The minimum atomic E-state index is 0.734. The highest BCUT2D eigenvalue weighted by Crippen LogP contribution is 2.21. The van der Waals surface area contributed by atoms with Crippen LogP contribution in [0.3, 0.4) is 0 Å². The first-order valence-corrected chi connectivity index (χ1v) is 10.9. The van der Waals surface area contributed by atoms with Crippen molar-refractivity contribution in [2.75, 3.05) is 18.4 Å². The molecule has 0 unspecified atom stereocenters. The van der Waals surface area contributed by atoms with Gasteiger partial charge >= 0.3 is 0 Å². The van der Waals surface area contributed by atoms with Crippen molar-refractivity contribution >= 4 is 11.3 Å². The van der Waals surface area contributed by atoms with Gasteiger partial charge in [-0.15, -0.1) is 5.10 Å². The van der Waals surface area contributed by atoms with Gasteiger partial charge in [-0.1, -0.05) is 29.5 Å². The third kappa shape index (κ3) is 5.19. The van der Waals surface area contributed by atoms with Crippen LogP contribution in [0.5, 0.6) is 0 Å². The highest BCUT2D eigenvalue weighted by Gasteiger charge is 2.11. The number of nitrogens with zero attached hydrogens (tertiary/aromatic N) is 7. The molecular weight excluding hydrogens is 412 g/mol. The van der Waals surface area contributed by atoms with Crippen molar-refractivity contribution in [1.29, 1.82) is 0 Å². The Morgan fingerprint density at radius 3 is 2.27 bits per heavy atom. The molecule has 0 aliphatic carbocycles. The van der Waals surface area contributed by atoms with Gasteiger partial charge in [0, 0.05) is 44.8 Å². The molecule has 5 heterocycles. The SMILES string of the molecule is c1ccc(CN(CCNc2cccc(-c3nnn4ccccc34)n2)Cc2ccccn2)nc1. The molecule has 0 bridgehead atoms. The Kier molecular flexibility index (Phi) is 6.26. The van der Waals surface area contributed by atoms with E-state index in [1.165, 1.54) is 0 Å². The average molecular weight is 437 g/mol. The zero-order chi connectivity index (χ0) is 22.3. The van der Waals surface area contributed by atoms with E-state index < -0.39 is 0 Å². The van der Waals surface area contributed by atoms with E-state index in [0.29, 0.717) is 0 Å². The molecule has 0 radical (unpaired) electrons. The molecule has 5 aromatic heterocycles. The zero-order valence-electron chi connectivity index (χ0n) is 18.1. The van der Waals surface area contributed by atoms with Gasteiger partial charge in [-0.2, -0.15) is 0 Å². The predicted octanol–water partition coefficient (Wildman–Crippen LogP) is 3.70. The van der Waals surface area contributed by atoms with Crippen molar-refractivity contribution in [2.24, 2.45) is 0 Å². The number of hydrogen-bond acceptors (Lipinski definition) is 7. The summed E-state index contributed by atoms with van der Waals surface area (Å²) in [5.74, 6) is 0.806. The molecule has 5 aromatic rings. The Morgan fingerprint density at radius 2 is 1.55 bits per heavy atom. The Morgan fingerprint density at radius 1 is 0.788 bits per heavy atom. The van der Waals surface area contributed by atoms with E-state index in [4.69, 9.17) is 4.98 Å². The summed E-state index contributed by atoms with van der Waals surface area (Å²) >= 11 is 0. The normalized spacial score (nSPS) is 11.2. The van der Waals surface area contributed by atoms with Crippen LogP contribution in [-0.2, 0) is 13.1 Å². The summed E-state index contributed by atoms with van der Waals surface area (Å²) < 4.78 is 1.75. The molecule has 0 atom stereocenters. The third-order valence-corrected chi connectivity index (χ3v) is 5.27. The molecule has 0 aliphatic heterocycles. The van der Waals surface area contributed by atoms with Gasteiger partial charge in [-0.3, -0.25) is 14.9 Å². The summed E-state index contributed by atoms with van der Waals surface area (Å²) in [5.41, 5.74) is 4.56. The summed E-state index contributed by atoms with van der Waals surface area (Å²) in [6.45, 7) is 3.05. The van der Waals surface area contributed by atoms with Crippen molar-refractivity contribution < 1.29 is 0 Å². The van der Waals surface area contributed by atoms with Crippen molar-refractivity contribution in [2.45, 2.75) is 13.1 Å². The zero-order valence-corrected chi connectivity index (χ0v) is 18.1. The number of fused-ring (bicyclic) bond motifs is 1. The summed E-state index contributed by atoms with van der Waals surface area (Å²) in [4.78, 5) is 16.1. The van der Waals surface area contributed by atoms with E-state index in [0.717, 1.165) is 60.3 Å². The van der Waals surface area contributed by atoms with Crippen molar-refractivity contribution in [3.05, 3.63) is 103 Å². The van der Waals surface area contributed by atoms with E-state index in [9.17, 15) is 0 Å². The lowest BCUT2D eigenvalue weighted by atomic mass is 10.2. The molecule has 0 spiro atoms. The average Bonchev–Trinajstić information content (AvgIpc) is 3.30. The van der Waals surface area contributed by atoms with Crippen LogP contribution in [0.2, 0.25) is 0 Å². The lowest BCUT2D eigenvalue weighted by molar-refractivity contribution is 0.260. The van der Waals surface area contributed by atoms with Gasteiger partial charge in [-0.05, 0) is 48.5 Å². The molecule has 1 N–H and O–H groups in total. The molecule has 0 aliphatic rings. The summed E-state index contributed by atoms with van der Waals surface area (Å²) in [7, 11) is 0. The second-order valence-electron chi connectivity index (χ2n) is 7.66. The fraction of sp³-hybridized carbons (Fsp3) is 0.160. The monoisotopic (exact) mass is 436 g/mol. The first-order valence-electron chi connectivity index (χ1n) is 10.9. The number of anilines is 1. The van der Waals surface area contributed by atoms with E-state index in [1.807, 2.05) is 91.4 Å². The fourth-order valence-electron chi connectivity index (χ4n) is 3.69. The number of hydrogen-bond donors (Lipinski definition) is 1. The van der Waals surface area contributed by atoms with Gasteiger partial charge in [0.05, 0.1) is 22.6 Å². The molecule has 8 heteroatoms. The Labute approximate surface area is 192 Å². The maximum atomic E-state index is 4.76. The number of rotatable bonds is 9. The minimum Gasteiger partial charge on any atom is -0.369 e. The summed E-state index contributed by atoms with van der Waals surface area (Å²) in [6, 6.07) is 23.8. The molecule has 8 nitrogen and oxygen atoms in total. The van der Waals surface area contributed by atoms with Gasteiger partial charge in [0.25, 0.3) is 0 Å². The van der Waals surface area contributed by atoms with E-state index in [1.54, 1.807) is 4.52 Å². The van der Waals surface area contributed by atoms with Crippen molar-refractivity contribution in [1.82, 2.24) is 34.7 Å². The second-order valence-corrected chi connectivity index (χ2v) is 7.66. The lowest BCUT2D eigenvalue weighted by Gasteiger charge is -2.22. The maximum absolute atomic E-state index is 4.76. The Hall–Kier alpha value is -4.17. The first-order chi connectivity index (χ1) is 16.3. The van der Waals surface area contributed by atoms with Crippen LogP contribution in [0, 0.1) is 0 Å². The summed E-state index contributed by atoms with van der Waals surface area (Å²) in [5, 5.41) is 11.9. The molecule has 0 saturated heterocycles. The summed E-state index contributed by atoms with van der Waals surface area (Å²) in [6.07, 6.45) is 5.54. The highest BCUT2D eigenvalue weighted by atomic mass is 15.4. The Bertz CT molecular complexity index is 1260. The highest BCUT2D eigenvalue weighted by molar-refractivity contribution is 5.74. The van der Waals surface area contributed by atoms with Crippen LogP contribution in [0.1, 0.15) is 11.4 Å². The minimum absolute atomic E-state index is 0.734. The van der Waals surface area contributed by atoms with Crippen LogP contribution in [-0.4, -0.2) is 47.8 Å². The van der Waals surface area contributed by atoms with E-state index in [-0.39, 0.29) is 0 Å². The molecule has 0 saturated carbocycles. The molecule has 5 rings (SSSR count). The quantitative estimate of drug-likeness (QED) is 0.377. The topological polar surface area (TPSA) is 84.1 Å². The van der Waals surface area contributed by atoms with Crippen molar-refractivity contribution in [3.8, 4) is 11.4 Å². The largest absolute Gasteiger partial charge is 0.369 e. The van der Waals surface area contributed by atoms with Gasteiger partial charge in [0.1, 0.15) is 11.5 Å². The van der Waals surface area contributed by atoms with Gasteiger partial charge in [-0.25, -0.2) is 9.50 Å². The fourth-order valence-corrected chi connectivity index (χ4v) is 3.69. The van der Waals surface area contributed by atoms with Crippen LogP contribution < -0.4 is 5.32 Å². The number of aromatic nitrogens is 6.